The van der Waals surface area contributed by atoms with Crippen LogP contribution >= 0.6 is 11.3 Å². The molecule has 9 heteroatoms. The van der Waals surface area contributed by atoms with Crippen LogP contribution in [0, 0.1) is 0 Å². The minimum absolute atomic E-state index is 0.150. The van der Waals surface area contributed by atoms with E-state index in [2.05, 4.69) is 9.71 Å². The minimum Gasteiger partial charge on any atom is -0.449 e. The number of thiophene rings is 1. The summed E-state index contributed by atoms with van der Waals surface area (Å²) in [6.45, 7) is 1.45. The molecule has 3 heterocycles. The predicted octanol–water partition coefficient (Wildman–Crippen LogP) is 1.93. The molecular weight excluding hydrogens is 350 g/mol. The SMILES string of the molecule is O=C1OCCCN1CCNS(=O)(=O)c1ccc(-c2cccnc2)s1. The number of pyridine rings is 1. The van der Waals surface area contributed by atoms with Gasteiger partial charge in [0.2, 0.25) is 10.0 Å². The number of carbonyl (C=O) groups excluding carboxylic acids is 1. The van der Waals surface area contributed by atoms with Crippen molar-refractivity contribution in [2.75, 3.05) is 26.2 Å². The highest BCUT2D eigenvalue weighted by Gasteiger charge is 2.21. The molecule has 1 saturated heterocycles. The summed E-state index contributed by atoms with van der Waals surface area (Å²) in [6, 6.07) is 7.02. The molecule has 0 aromatic carbocycles. The topological polar surface area (TPSA) is 88.6 Å². The van der Waals surface area contributed by atoms with Crippen molar-refractivity contribution in [2.24, 2.45) is 0 Å². The maximum atomic E-state index is 12.3. The molecule has 0 unspecified atom stereocenters. The van der Waals surface area contributed by atoms with Gasteiger partial charge in [-0.3, -0.25) is 4.98 Å². The van der Waals surface area contributed by atoms with Crippen molar-refractivity contribution in [3.8, 4) is 10.4 Å². The van der Waals surface area contributed by atoms with E-state index in [0.29, 0.717) is 19.7 Å². The van der Waals surface area contributed by atoms with Crippen molar-refractivity contribution in [3.63, 3.8) is 0 Å². The Kier molecular flexibility index (Phi) is 5.12. The van der Waals surface area contributed by atoms with E-state index in [1.54, 1.807) is 30.6 Å². The Hall–Kier alpha value is -1.97. The summed E-state index contributed by atoms with van der Waals surface area (Å²) in [4.78, 5) is 17.9. The van der Waals surface area contributed by atoms with Crippen LogP contribution in [0.2, 0.25) is 0 Å². The van der Waals surface area contributed by atoms with Crippen molar-refractivity contribution in [1.29, 1.82) is 0 Å². The van der Waals surface area contributed by atoms with E-state index in [4.69, 9.17) is 4.74 Å². The van der Waals surface area contributed by atoms with Gasteiger partial charge in [0.1, 0.15) is 4.21 Å². The van der Waals surface area contributed by atoms with Gasteiger partial charge in [-0.2, -0.15) is 0 Å². The average molecular weight is 367 g/mol. The lowest BCUT2D eigenvalue weighted by atomic mass is 10.2. The number of hydrogen-bond donors (Lipinski definition) is 1. The van der Waals surface area contributed by atoms with E-state index in [1.165, 1.54) is 16.2 Å². The maximum absolute atomic E-state index is 12.3. The summed E-state index contributed by atoms with van der Waals surface area (Å²) in [5, 5.41) is 0. The zero-order valence-electron chi connectivity index (χ0n) is 12.8. The van der Waals surface area contributed by atoms with E-state index in [9.17, 15) is 13.2 Å². The molecule has 0 radical (unpaired) electrons. The van der Waals surface area contributed by atoms with E-state index < -0.39 is 16.1 Å². The number of nitrogens with zero attached hydrogens (tertiary/aromatic N) is 2. The molecule has 0 saturated carbocycles. The smallest absolute Gasteiger partial charge is 0.409 e. The number of amides is 1. The van der Waals surface area contributed by atoms with Gasteiger partial charge in [-0.1, -0.05) is 6.07 Å². The van der Waals surface area contributed by atoms with Gasteiger partial charge < -0.3 is 9.64 Å². The zero-order chi connectivity index (χ0) is 17.0. The van der Waals surface area contributed by atoms with Gasteiger partial charge in [0.05, 0.1) is 6.61 Å². The van der Waals surface area contributed by atoms with Crippen LogP contribution in [0.4, 0.5) is 4.79 Å². The third-order valence-electron chi connectivity index (χ3n) is 3.52. The second-order valence-corrected chi connectivity index (χ2v) is 8.29. The molecule has 24 heavy (non-hydrogen) atoms. The summed E-state index contributed by atoms with van der Waals surface area (Å²) in [7, 11) is -3.60. The number of rotatable bonds is 6. The molecule has 7 nitrogen and oxygen atoms in total. The fourth-order valence-electron chi connectivity index (χ4n) is 2.31. The number of ether oxygens (including phenoxy) is 1. The van der Waals surface area contributed by atoms with Crippen molar-refractivity contribution in [2.45, 2.75) is 10.6 Å². The molecule has 0 aliphatic carbocycles. The van der Waals surface area contributed by atoms with Crippen LogP contribution in [0.25, 0.3) is 10.4 Å². The molecule has 1 amide bonds. The molecule has 1 aliphatic heterocycles. The van der Waals surface area contributed by atoms with Gasteiger partial charge >= 0.3 is 6.09 Å². The summed E-state index contributed by atoms with van der Waals surface area (Å²) in [5.41, 5.74) is 0.875. The Morgan fingerprint density at radius 2 is 2.21 bits per heavy atom. The Balaban J connectivity index is 1.61. The molecular formula is C15H17N3O4S2. The summed E-state index contributed by atoms with van der Waals surface area (Å²) >= 11 is 1.18. The van der Waals surface area contributed by atoms with Crippen LogP contribution in [0.3, 0.4) is 0 Å². The second kappa shape index (κ2) is 7.29. The van der Waals surface area contributed by atoms with Crippen LogP contribution in [0.1, 0.15) is 6.42 Å². The van der Waals surface area contributed by atoms with Crippen LogP contribution in [0.15, 0.2) is 40.9 Å². The van der Waals surface area contributed by atoms with Crippen molar-refractivity contribution in [3.05, 3.63) is 36.7 Å². The van der Waals surface area contributed by atoms with Crippen LogP contribution in [0.5, 0.6) is 0 Å². The number of aromatic nitrogens is 1. The fourth-order valence-corrected chi connectivity index (χ4v) is 4.68. The van der Waals surface area contributed by atoms with Gasteiger partial charge in [0.25, 0.3) is 0 Å². The normalized spacial score (nSPS) is 15.3. The quantitative estimate of drug-likeness (QED) is 0.843. The first-order valence-corrected chi connectivity index (χ1v) is 9.78. The van der Waals surface area contributed by atoms with Crippen molar-refractivity contribution < 1.29 is 17.9 Å². The highest BCUT2D eigenvalue weighted by atomic mass is 32.2. The Morgan fingerprint density at radius 1 is 1.33 bits per heavy atom. The first kappa shape index (κ1) is 16.9. The maximum Gasteiger partial charge on any atom is 0.409 e. The molecule has 1 N–H and O–H groups in total. The van der Waals surface area contributed by atoms with E-state index in [1.807, 2.05) is 6.07 Å². The minimum atomic E-state index is -3.60. The molecule has 2 aromatic rings. The van der Waals surface area contributed by atoms with E-state index >= 15 is 0 Å². The Morgan fingerprint density at radius 3 is 2.96 bits per heavy atom. The third kappa shape index (κ3) is 3.92. The molecule has 2 aromatic heterocycles. The summed E-state index contributed by atoms with van der Waals surface area (Å²) in [5.74, 6) is 0. The lowest BCUT2D eigenvalue weighted by molar-refractivity contribution is 0.0738. The lowest BCUT2D eigenvalue weighted by Gasteiger charge is -2.26. The number of carbonyl (C=O) groups is 1. The van der Waals surface area contributed by atoms with Crippen LogP contribution in [-0.2, 0) is 14.8 Å². The Labute approximate surface area is 144 Å². The van der Waals surface area contributed by atoms with Crippen molar-refractivity contribution in [1.82, 2.24) is 14.6 Å². The standard InChI is InChI=1S/C15H17N3O4S2/c19-15-18(8-2-10-22-15)9-7-17-24(20,21)14-5-4-13(23-14)12-3-1-6-16-11-12/h1,3-6,11,17H,2,7-10H2. The number of cyclic esters (lactones) is 1. The van der Waals surface area contributed by atoms with Gasteiger partial charge in [0.15, 0.2) is 0 Å². The second-order valence-electron chi connectivity index (χ2n) is 5.21. The molecule has 0 spiro atoms. The predicted molar refractivity (Wildman–Crippen MR) is 90.3 cm³/mol. The monoisotopic (exact) mass is 367 g/mol. The Bertz CT molecular complexity index is 805. The number of nitrogens with one attached hydrogen (secondary N) is 1. The largest absolute Gasteiger partial charge is 0.449 e. The van der Waals surface area contributed by atoms with Crippen molar-refractivity contribution >= 4 is 27.5 Å². The highest BCUT2D eigenvalue weighted by Crippen LogP contribution is 2.29. The van der Waals surface area contributed by atoms with Gasteiger partial charge in [-0.15, -0.1) is 11.3 Å². The molecule has 1 fully saturated rings. The van der Waals surface area contributed by atoms with E-state index in [-0.39, 0.29) is 10.8 Å². The van der Waals surface area contributed by atoms with Gasteiger partial charge in [0, 0.05) is 42.5 Å². The molecule has 3 rings (SSSR count). The lowest BCUT2D eigenvalue weighted by Crippen LogP contribution is -2.42. The first-order chi connectivity index (χ1) is 11.6. The molecule has 0 bridgehead atoms. The first-order valence-electron chi connectivity index (χ1n) is 7.48. The number of hydrogen-bond acceptors (Lipinski definition) is 6. The summed E-state index contributed by atoms with van der Waals surface area (Å²) in [6.07, 6.45) is 3.73. The molecule has 1 aliphatic rings. The third-order valence-corrected chi connectivity index (χ3v) is 6.61. The van der Waals surface area contributed by atoms with E-state index in [0.717, 1.165) is 16.9 Å². The average Bonchev–Trinajstić information content (AvgIpc) is 3.08. The molecule has 0 atom stereocenters. The van der Waals surface area contributed by atoms with Gasteiger partial charge in [-0.25, -0.2) is 17.9 Å². The van der Waals surface area contributed by atoms with Crippen LogP contribution in [-0.4, -0.2) is 50.6 Å². The number of sulfonamides is 1. The zero-order valence-corrected chi connectivity index (χ0v) is 14.5. The fraction of sp³-hybridized carbons (Fsp3) is 0.333. The van der Waals surface area contributed by atoms with Crippen LogP contribution < -0.4 is 4.72 Å². The summed E-state index contributed by atoms with van der Waals surface area (Å²) < 4.78 is 32.4. The molecule has 128 valence electrons. The van der Waals surface area contributed by atoms with Gasteiger partial charge in [-0.05, 0) is 24.6 Å². The highest BCUT2D eigenvalue weighted by molar-refractivity contribution is 7.91.